The summed E-state index contributed by atoms with van der Waals surface area (Å²) >= 11 is 5.93. The van der Waals surface area contributed by atoms with E-state index in [0.29, 0.717) is 36.0 Å². The molecule has 116 valence electrons. The molecule has 2 rings (SSSR count). The number of carbonyl (C=O) groups is 1. The van der Waals surface area contributed by atoms with Gasteiger partial charge < -0.3 is 14.8 Å². The van der Waals surface area contributed by atoms with E-state index in [1.54, 1.807) is 36.5 Å². The van der Waals surface area contributed by atoms with Crippen molar-refractivity contribution in [3.8, 4) is 11.5 Å². The molecule has 0 bridgehead atoms. The lowest BCUT2D eigenvalue weighted by Gasteiger charge is -2.12. The maximum Gasteiger partial charge on any atom is 0.255 e. The maximum absolute atomic E-state index is 12.3. The largest absolute Gasteiger partial charge is 0.490 e. The predicted octanol–water partition coefficient (Wildman–Crippen LogP) is 3.78. The van der Waals surface area contributed by atoms with Crippen LogP contribution in [0.3, 0.4) is 0 Å². The van der Waals surface area contributed by atoms with Gasteiger partial charge in [0.05, 0.1) is 18.9 Å². The van der Waals surface area contributed by atoms with Gasteiger partial charge >= 0.3 is 0 Å². The topological polar surface area (TPSA) is 60.5 Å². The van der Waals surface area contributed by atoms with E-state index in [0.717, 1.165) is 0 Å². The number of nitrogens with zero attached hydrogens (tertiary/aromatic N) is 1. The average Bonchev–Trinajstić information content (AvgIpc) is 2.51. The molecular weight excluding hydrogens is 304 g/mol. The molecule has 0 spiro atoms. The molecule has 2 aromatic rings. The lowest BCUT2D eigenvalue weighted by atomic mass is 10.2. The highest BCUT2D eigenvalue weighted by molar-refractivity contribution is 6.32. The number of anilines is 1. The van der Waals surface area contributed by atoms with Gasteiger partial charge in [-0.3, -0.25) is 4.79 Å². The van der Waals surface area contributed by atoms with Gasteiger partial charge in [0.25, 0.3) is 5.91 Å². The van der Waals surface area contributed by atoms with Gasteiger partial charge in [-0.15, -0.1) is 0 Å². The zero-order valence-corrected chi connectivity index (χ0v) is 13.2. The summed E-state index contributed by atoms with van der Waals surface area (Å²) in [5, 5.41) is 2.96. The SMILES string of the molecule is CCOc1ccc(C(=O)Nc2cccnc2Cl)cc1OCC. The van der Waals surface area contributed by atoms with Gasteiger partial charge in [-0.1, -0.05) is 11.6 Å². The lowest BCUT2D eigenvalue weighted by Crippen LogP contribution is -2.13. The lowest BCUT2D eigenvalue weighted by molar-refractivity contribution is 0.102. The number of benzene rings is 1. The van der Waals surface area contributed by atoms with Crippen LogP contribution in [0.5, 0.6) is 11.5 Å². The molecule has 0 saturated heterocycles. The Morgan fingerprint density at radius 2 is 1.91 bits per heavy atom. The van der Waals surface area contributed by atoms with Crippen molar-refractivity contribution < 1.29 is 14.3 Å². The Labute approximate surface area is 134 Å². The molecule has 0 aliphatic rings. The van der Waals surface area contributed by atoms with E-state index in [1.165, 1.54) is 0 Å². The predicted molar refractivity (Wildman–Crippen MR) is 86.0 cm³/mol. The zero-order chi connectivity index (χ0) is 15.9. The molecule has 1 heterocycles. The summed E-state index contributed by atoms with van der Waals surface area (Å²) in [6.45, 7) is 4.77. The summed E-state index contributed by atoms with van der Waals surface area (Å²) in [6.07, 6.45) is 1.56. The molecule has 6 heteroatoms. The molecule has 0 radical (unpaired) electrons. The molecule has 1 aromatic heterocycles. The van der Waals surface area contributed by atoms with Crippen LogP contribution in [-0.4, -0.2) is 24.1 Å². The van der Waals surface area contributed by atoms with E-state index in [2.05, 4.69) is 10.3 Å². The molecule has 0 aliphatic heterocycles. The Kier molecular flexibility index (Phi) is 5.61. The van der Waals surface area contributed by atoms with Crippen molar-refractivity contribution in [3.63, 3.8) is 0 Å². The Bertz CT molecular complexity index is 662. The fraction of sp³-hybridized carbons (Fsp3) is 0.250. The average molecular weight is 321 g/mol. The number of hydrogen-bond acceptors (Lipinski definition) is 4. The fourth-order valence-corrected chi connectivity index (χ4v) is 2.03. The van der Waals surface area contributed by atoms with Crippen LogP contribution in [0.15, 0.2) is 36.5 Å². The third-order valence-corrected chi connectivity index (χ3v) is 3.11. The first kappa shape index (κ1) is 16.1. The van der Waals surface area contributed by atoms with Gasteiger partial charge in [0, 0.05) is 11.8 Å². The van der Waals surface area contributed by atoms with E-state index in [-0.39, 0.29) is 11.1 Å². The van der Waals surface area contributed by atoms with Gasteiger partial charge in [-0.25, -0.2) is 4.98 Å². The minimum Gasteiger partial charge on any atom is -0.490 e. The summed E-state index contributed by atoms with van der Waals surface area (Å²) in [5.74, 6) is 0.855. The monoisotopic (exact) mass is 320 g/mol. The minimum absolute atomic E-state index is 0.242. The molecule has 0 atom stereocenters. The number of hydrogen-bond donors (Lipinski definition) is 1. The van der Waals surface area contributed by atoms with Crippen LogP contribution in [0.25, 0.3) is 0 Å². The second kappa shape index (κ2) is 7.66. The second-order valence-corrected chi connectivity index (χ2v) is 4.68. The van der Waals surface area contributed by atoms with E-state index in [4.69, 9.17) is 21.1 Å². The van der Waals surface area contributed by atoms with Crippen molar-refractivity contribution in [1.29, 1.82) is 0 Å². The minimum atomic E-state index is -0.293. The van der Waals surface area contributed by atoms with Crippen LogP contribution in [0.2, 0.25) is 5.15 Å². The van der Waals surface area contributed by atoms with Crippen LogP contribution in [0.4, 0.5) is 5.69 Å². The number of halogens is 1. The number of ether oxygens (including phenoxy) is 2. The van der Waals surface area contributed by atoms with Gasteiger partial charge in [-0.2, -0.15) is 0 Å². The van der Waals surface area contributed by atoms with Crippen LogP contribution in [0.1, 0.15) is 24.2 Å². The molecule has 0 aliphatic carbocycles. The van der Waals surface area contributed by atoms with E-state index >= 15 is 0 Å². The number of pyridine rings is 1. The van der Waals surface area contributed by atoms with Gasteiger partial charge in [0.15, 0.2) is 16.7 Å². The standard InChI is InChI=1S/C16H17ClN2O3/c1-3-21-13-8-7-11(10-14(13)22-4-2)16(20)19-12-6-5-9-18-15(12)17/h5-10H,3-4H2,1-2H3,(H,19,20). The van der Waals surface area contributed by atoms with Crippen LogP contribution < -0.4 is 14.8 Å². The third-order valence-electron chi connectivity index (χ3n) is 2.81. The van der Waals surface area contributed by atoms with Gasteiger partial charge in [0.2, 0.25) is 0 Å². The molecule has 1 aromatic carbocycles. The van der Waals surface area contributed by atoms with Gasteiger partial charge in [0.1, 0.15) is 0 Å². The Hall–Kier alpha value is -2.27. The van der Waals surface area contributed by atoms with Crippen molar-refractivity contribution in [2.75, 3.05) is 18.5 Å². The number of aromatic nitrogens is 1. The fourth-order valence-electron chi connectivity index (χ4n) is 1.87. The normalized spacial score (nSPS) is 10.1. The van der Waals surface area contributed by atoms with Gasteiger partial charge in [-0.05, 0) is 44.2 Å². The highest BCUT2D eigenvalue weighted by Gasteiger charge is 2.13. The summed E-state index contributed by atoms with van der Waals surface area (Å²) in [4.78, 5) is 16.2. The third kappa shape index (κ3) is 3.89. The molecule has 0 unspecified atom stereocenters. The Morgan fingerprint density at radius 1 is 1.18 bits per heavy atom. The number of amides is 1. The summed E-state index contributed by atoms with van der Waals surface area (Å²) in [6, 6.07) is 8.42. The second-order valence-electron chi connectivity index (χ2n) is 4.32. The smallest absolute Gasteiger partial charge is 0.255 e. The highest BCUT2D eigenvalue weighted by atomic mass is 35.5. The van der Waals surface area contributed by atoms with E-state index in [1.807, 2.05) is 13.8 Å². The first-order valence-corrected chi connectivity index (χ1v) is 7.35. The quantitative estimate of drug-likeness (QED) is 0.823. The highest BCUT2D eigenvalue weighted by Crippen LogP contribution is 2.29. The first-order chi connectivity index (χ1) is 10.7. The van der Waals surface area contributed by atoms with Crippen molar-refractivity contribution in [2.24, 2.45) is 0 Å². The van der Waals surface area contributed by atoms with E-state index < -0.39 is 0 Å². The van der Waals surface area contributed by atoms with E-state index in [9.17, 15) is 4.79 Å². The van der Waals surface area contributed by atoms with Crippen molar-refractivity contribution in [3.05, 3.63) is 47.2 Å². The summed E-state index contributed by atoms with van der Waals surface area (Å²) < 4.78 is 11.0. The summed E-state index contributed by atoms with van der Waals surface area (Å²) in [5.41, 5.74) is 0.910. The molecule has 5 nitrogen and oxygen atoms in total. The van der Waals surface area contributed by atoms with Crippen LogP contribution in [0, 0.1) is 0 Å². The van der Waals surface area contributed by atoms with Crippen molar-refractivity contribution >= 4 is 23.2 Å². The first-order valence-electron chi connectivity index (χ1n) is 6.97. The molecular formula is C16H17ClN2O3. The molecule has 22 heavy (non-hydrogen) atoms. The maximum atomic E-state index is 12.3. The zero-order valence-electron chi connectivity index (χ0n) is 12.4. The molecule has 0 fully saturated rings. The molecule has 1 N–H and O–H groups in total. The van der Waals surface area contributed by atoms with Crippen molar-refractivity contribution in [2.45, 2.75) is 13.8 Å². The van der Waals surface area contributed by atoms with Crippen molar-refractivity contribution in [1.82, 2.24) is 4.98 Å². The van der Waals surface area contributed by atoms with Crippen LogP contribution in [-0.2, 0) is 0 Å². The molecule has 1 amide bonds. The Balaban J connectivity index is 2.22. The number of rotatable bonds is 6. The number of nitrogens with one attached hydrogen (secondary N) is 1. The number of carbonyl (C=O) groups excluding carboxylic acids is 1. The molecule has 0 saturated carbocycles. The summed E-state index contributed by atoms with van der Waals surface area (Å²) in [7, 11) is 0. The van der Waals surface area contributed by atoms with Crippen LogP contribution >= 0.6 is 11.6 Å². The Morgan fingerprint density at radius 3 is 2.59 bits per heavy atom.